The zero-order valence-corrected chi connectivity index (χ0v) is 14.0. The molecule has 0 amide bonds. The van der Waals surface area contributed by atoms with Crippen molar-refractivity contribution in [1.29, 1.82) is 0 Å². The second-order valence-corrected chi connectivity index (χ2v) is 9.59. The van der Waals surface area contributed by atoms with Gasteiger partial charge in [-0.1, -0.05) is 6.92 Å². The van der Waals surface area contributed by atoms with Gasteiger partial charge in [0.05, 0.1) is 5.41 Å². The molecule has 0 spiro atoms. The van der Waals surface area contributed by atoms with Gasteiger partial charge in [-0.2, -0.15) is 0 Å². The molecular weight excluding hydrogens is 272 g/mol. The van der Waals surface area contributed by atoms with E-state index in [0.717, 1.165) is 55.8 Å². The average molecular weight is 302 g/mol. The van der Waals surface area contributed by atoms with Gasteiger partial charge in [-0.05, 0) is 100 Å². The van der Waals surface area contributed by atoms with Crippen LogP contribution in [0.1, 0.15) is 77.6 Å². The fourth-order valence-electron chi connectivity index (χ4n) is 7.68. The summed E-state index contributed by atoms with van der Waals surface area (Å²) in [6.07, 6.45) is 13.8. The van der Waals surface area contributed by atoms with Gasteiger partial charge in [-0.25, -0.2) is 0 Å². The van der Waals surface area contributed by atoms with Crippen molar-refractivity contribution in [2.24, 2.45) is 35.0 Å². The van der Waals surface area contributed by atoms with E-state index in [2.05, 4.69) is 6.92 Å². The van der Waals surface area contributed by atoms with Crippen LogP contribution in [0.2, 0.25) is 0 Å². The molecule has 3 atom stereocenters. The zero-order valence-electron chi connectivity index (χ0n) is 14.0. The molecule has 6 fully saturated rings. The maximum Gasteiger partial charge on any atom is 0.312 e. The summed E-state index contributed by atoms with van der Waals surface area (Å²) in [6.45, 7) is 2.24. The Balaban J connectivity index is 1.38. The third-order valence-corrected chi connectivity index (χ3v) is 8.29. The largest absolute Gasteiger partial charge is 0.458 e. The molecule has 22 heavy (non-hydrogen) atoms. The summed E-state index contributed by atoms with van der Waals surface area (Å²) < 4.78 is 6.43. The Morgan fingerprint density at radius 3 is 2.00 bits per heavy atom. The molecule has 2 nitrogen and oxygen atoms in total. The molecule has 6 bridgehead atoms. The third kappa shape index (κ3) is 1.82. The molecule has 6 rings (SSSR count). The van der Waals surface area contributed by atoms with Gasteiger partial charge in [0.25, 0.3) is 0 Å². The molecule has 6 saturated carbocycles. The molecule has 2 heteroatoms. The first-order chi connectivity index (χ1) is 10.6. The van der Waals surface area contributed by atoms with Crippen LogP contribution in [0.4, 0.5) is 0 Å². The highest BCUT2D eigenvalue weighted by atomic mass is 16.6. The maximum absolute atomic E-state index is 13.3. The minimum Gasteiger partial charge on any atom is -0.458 e. The van der Waals surface area contributed by atoms with Gasteiger partial charge in [-0.15, -0.1) is 0 Å². The van der Waals surface area contributed by atoms with E-state index in [-0.39, 0.29) is 17.0 Å². The third-order valence-electron chi connectivity index (χ3n) is 8.29. The number of carbonyl (C=O) groups excluding carboxylic acids is 1. The van der Waals surface area contributed by atoms with Crippen LogP contribution in [0.15, 0.2) is 0 Å². The molecule has 0 aromatic carbocycles. The first kappa shape index (κ1) is 13.9. The molecule has 3 unspecified atom stereocenters. The minimum atomic E-state index is -0.0800. The summed E-state index contributed by atoms with van der Waals surface area (Å²) >= 11 is 0. The molecule has 0 radical (unpaired) electrons. The zero-order chi connectivity index (χ0) is 14.9. The molecule has 0 N–H and O–H groups in total. The van der Waals surface area contributed by atoms with Gasteiger partial charge in [0, 0.05) is 0 Å². The SMILES string of the molecule is CCC1(OC(=O)C23CC4CC(CC(C4)C2)C3)CC2CCC1C2. The lowest BCUT2D eigenvalue weighted by molar-refractivity contribution is -0.193. The standard InChI is InChI=1S/C20H30O2/c1-2-20(12-13-3-4-17(20)8-13)22-18(21)19-9-14-5-15(10-19)7-16(6-14)11-19/h13-17H,2-12H2,1H3. The summed E-state index contributed by atoms with van der Waals surface area (Å²) in [5.41, 5.74) is -0.151. The van der Waals surface area contributed by atoms with Gasteiger partial charge in [0.2, 0.25) is 0 Å². The van der Waals surface area contributed by atoms with Crippen molar-refractivity contribution in [3.63, 3.8) is 0 Å². The van der Waals surface area contributed by atoms with Crippen LogP contribution in [0, 0.1) is 35.0 Å². The highest BCUT2D eigenvalue weighted by Crippen LogP contribution is 2.62. The highest BCUT2D eigenvalue weighted by molar-refractivity contribution is 5.78. The summed E-state index contributed by atoms with van der Waals surface area (Å²) in [4.78, 5) is 13.3. The number of esters is 1. The number of fused-ring (bicyclic) bond motifs is 2. The van der Waals surface area contributed by atoms with E-state index >= 15 is 0 Å². The van der Waals surface area contributed by atoms with E-state index in [1.165, 1.54) is 38.5 Å². The lowest BCUT2D eigenvalue weighted by atomic mass is 9.49. The smallest absolute Gasteiger partial charge is 0.312 e. The van der Waals surface area contributed by atoms with Crippen molar-refractivity contribution < 1.29 is 9.53 Å². The minimum absolute atomic E-state index is 0.0707. The quantitative estimate of drug-likeness (QED) is 0.705. The van der Waals surface area contributed by atoms with Crippen LogP contribution >= 0.6 is 0 Å². The Morgan fingerprint density at radius 2 is 1.55 bits per heavy atom. The van der Waals surface area contributed by atoms with Crippen molar-refractivity contribution in [1.82, 2.24) is 0 Å². The monoisotopic (exact) mass is 302 g/mol. The van der Waals surface area contributed by atoms with Crippen LogP contribution in [0.25, 0.3) is 0 Å². The average Bonchev–Trinajstić information content (AvgIpc) is 3.07. The number of hydrogen-bond donors (Lipinski definition) is 0. The van der Waals surface area contributed by atoms with Crippen molar-refractivity contribution >= 4 is 5.97 Å². The topological polar surface area (TPSA) is 26.3 Å². The Bertz CT molecular complexity index is 461. The van der Waals surface area contributed by atoms with Crippen LogP contribution < -0.4 is 0 Å². The predicted molar refractivity (Wildman–Crippen MR) is 85.2 cm³/mol. The van der Waals surface area contributed by atoms with Gasteiger partial charge < -0.3 is 4.74 Å². The molecule has 6 aliphatic carbocycles. The molecule has 0 aliphatic heterocycles. The lowest BCUT2D eigenvalue weighted by Gasteiger charge is -2.56. The van der Waals surface area contributed by atoms with Crippen molar-refractivity contribution in [3.05, 3.63) is 0 Å². The summed E-state index contributed by atoms with van der Waals surface area (Å²) in [7, 11) is 0. The van der Waals surface area contributed by atoms with E-state index in [4.69, 9.17) is 4.74 Å². The predicted octanol–water partition coefficient (Wildman–Crippen LogP) is 4.71. The van der Waals surface area contributed by atoms with Crippen molar-refractivity contribution in [2.75, 3.05) is 0 Å². The molecular formula is C20H30O2. The Labute approximate surface area is 134 Å². The summed E-state index contributed by atoms with van der Waals surface area (Å²) in [5.74, 6) is 4.22. The van der Waals surface area contributed by atoms with Crippen LogP contribution in [-0.2, 0) is 9.53 Å². The van der Waals surface area contributed by atoms with E-state index in [0.29, 0.717) is 5.92 Å². The molecule has 122 valence electrons. The van der Waals surface area contributed by atoms with E-state index in [9.17, 15) is 4.79 Å². The van der Waals surface area contributed by atoms with Crippen molar-refractivity contribution in [2.45, 2.75) is 83.2 Å². The van der Waals surface area contributed by atoms with Crippen LogP contribution in [0.3, 0.4) is 0 Å². The van der Waals surface area contributed by atoms with Crippen molar-refractivity contribution in [3.8, 4) is 0 Å². The first-order valence-electron chi connectivity index (χ1n) is 9.84. The number of ether oxygens (including phenoxy) is 1. The van der Waals surface area contributed by atoms with E-state index in [1.807, 2.05) is 0 Å². The van der Waals surface area contributed by atoms with Gasteiger partial charge in [-0.3, -0.25) is 4.79 Å². The van der Waals surface area contributed by atoms with E-state index < -0.39 is 0 Å². The molecule has 0 heterocycles. The normalized spacial score (nSPS) is 54.9. The van der Waals surface area contributed by atoms with Crippen LogP contribution in [0.5, 0.6) is 0 Å². The second-order valence-electron chi connectivity index (χ2n) is 9.59. The highest BCUT2D eigenvalue weighted by Gasteiger charge is 2.59. The number of rotatable bonds is 3. The Hall–Kier alpha value is -0.530. The second kappa shape index (κ2) is 4.51. The molecule has 6 aliphatic rings. The molecule has 0 aromatic heterocycles. The summed E-state index contributed by atoms with van der Waals surface area (Å²) in [6, 6.07) is 0. The Morgan fingerprint density at radius 1 is 0.909 bits per heavy atom. The van der Waals surface area contributed by atoms with E-state index in [1.54, 1.807) is 0 Å². The number of carbonyl (C=O) groups is 1. The fourth-order valence-corrected chi connectivity index (χ4v) is 7.68. The molecule has 0 aromatic rings. The van der Waals surface area contributed by atoms with Gasteiger partial charge >= 0.3 is 5.97 Å². The maximum atomic E-state index is 13.3. The van der Waals surface area contributed by atoms with Crippen LogP contribution in [-0.4, -0.2) is 11.6 Å². The lowest BCUT2D eigenvalue weighted by Crippen LogP contribution is -2.53. The summed E-state index contributed by atoms with van der Waals surface area (Å²) in [5, 5.41) is 0. The number of hydrogen-bond acceptors (Lipinski definition) is 2. The Kier molecular flexibility index (Phi) is 2.84. The first-order valence-corrected chi connectivity index (χ1v) is 9.84. The van der Waals surface area contributed by atoms with Gasteiger partial charge in [0.1, 0.15) is 5.60 Å². The van der Waals surface area contributed by atoms with Gasteiger partial charge in [0.15, 0.2) is 0 Å². The fraction of sp³-hybridized carbons (Fsp3) is 0.950. The molecule has 0 saturated heterocycles.